The van der Waals surface area contributed by atoms with Gasteiger partial charge in [0, 0.05) is 11.5 Å². The third kappa shape index (κ3) is 2.09. The van der Waals surface area contributed by atoms with Crippen molar-refractivity contribution in [2.24, 2.45) is 11.8 Å². The van der Waals surface area contributed by atoms with Gasteiger partial charge in [0.05, 0.1) is 12.7 Å². The Kier molecular flexibility index (Phi) is 3.58. The number of benzene rings is 1. The minimum atomic E-state index is -0.626. The number of hydrogen-bond donors (Lipinski definition) is 1. The lowest BCUT2D eigenvalue weighted by molar-refractivity contribution is 0.147. The zero-order valence-electron chi connectivity index (χ0n) is 11.2. The predicted molar refractivity (Wildman–Crippen MR) is 71.2 cm³/mol. The second-order valence-electron chi connectivity index (χ2n) is 5.40. The number of ether oxygens (including phenoxy) is 1. The summed E-state index contributed by atoms with van der Waals surface area (Å²) in [7, 11) is 0. The molecule has 96 valence electrons. The van der Waals surface area contributed by atoms with Crippen LogP contribution in [0.2, 0.25) is 0 Å². The molecule has 1 aliphatic heterocycles. The van der Waals surface area contributed by atoms with E-state index in [9.17, 15) is 5.26 Å². The number of nitrogens with one attached hydrogen (secondary N) is 1. The van der Waals surface area contributed by atoms with E-state index in [0.29, 0.717) is 12.5 Å². The number of nitriles is 1. The summed E-state index contributed by atoms with van der Waals surface area (Å²) in [6.07, 6.45) is 0. The second kappa shape index (κ2) is 4.99. The molecule has 3 heteroatoms. The van der Waals surface area contributed by atoms with Crippen molar-refractivity contribution in [3.8, 4) is 11.8 Å². The summed E-state index contributed by atoms with van der Waals surface area (Å²) >= 11 is 0. The van der Waals surface area contributed by atoms with Gasteiger partial charge in [0.2, 0.25) is 0 Å². The van der Waals surface area contributed by atoms with Crippen LogP contribution < -0.4 is 10.1 Å². The van der Waals surface area contributed by atoms with Crippen LogP contribution in [0.5, 0.6) is 5.75 Å². The first-order chi connectivity index (χ1) is 8.60. The molecule has 0 spiro atoms. The predicted octanol–water partition coefficient (Wildman–Crippen LogP) is 2.68. The Hall–Kier alpha value is -1.53. The first kappa shape index (κ1) is 12.9. The van der Waals surface area contributed by atoms with Crippen molar-refractivity contribution in [2.45, 2.75) is 26.3 Å². The highest BCUT2D eigenvalue weighted by Crippen LogP contribution is 2.39. The van der Waals surface area contributed by atoms with Gasteiger partial charge in [-0.1, -0.05) is 39.0 Å². The van der Waals surface area contributed by atoms with Gasteiger partial charge in [-0.3, -0.25) is 5.32 Å². The highest BCUT2D eigenvalue weighted by atomic mass is 16.5. The third-order valence-electron chi connectivity index (χ3n) is 3.51. The zero-order valence-corrected chi connectivity index (χ0v) is 11.2. The molecule has 0 radical (unpaired) electrons. The first-order valence-electron chi connectivity index (χ1n) is 6.48. The fourth-order valence-corrected chi connectivity index (χ4v) is 2.37. The average Bonchev–Trinajstić information content (AvgIpc) is 2.38. The summed E-state index contributed by atoms with van der Waals surface area (Å²) < 4.78 is 5.71. The van der Waals surface area contributed by atoms with Crippen LogP contribution in [0.15, 0.2) is 24.3 Å². The largest absolute Gasteiger partial charge is 0.493 e. The summed E-state index contributed by atoms with van der Waals surface area (Å²) in [5.41, 5.74) is 0.339. The lowest BCUT2D eigenvalue weighted by Gasteiger charge is -2.39. The molecule has 18 heavy (non-hydrogen) atoms. The molecule has 1 heterocycles. The molecule has 0 amide bonds. The molecule has 1 aliphatic rings. The van der Waals surface area contributed by atoms with Gasteiger partial charge in [-0.2, -0.15) is 5.26 Å². The van der Waals surface area contributed by atoms with Crippen LogP contribution in [-0.2, 0) is 5.54 Å². The van der Waals surface area contributed by atoms with Crippen LogP contribution in [0.3, 0.4) is 0 Å². The standard InChI is InChI=1S/C15H20N2O/c1-11(2)8-17-15(10-16)12(3)9-18-14-7-5-4-6-13(14)15/h4-7,11-12,17H,8-9H2,1-3H3. The lowest BCUT2D eigenvalue weighted by atomic mass is 9.78. The quantitative estimate of drug-likeness (QED) is 0.889. The van der Waals surface area contributed by atoms with E-state index < -0.39 is 5.54 Å². The zero-order chi connectivity index (χ0) is 13.2. The number of para-hydroxylation sites is 1. The SMILES string of the molecule is CC(C)CNC1(C#N)c2ccccc2OCC1C. The minimum absolute atomic E-state index is 0.135. The van der Waals surface area contributed by atoms with Crippen molar-refractivity contribution in [3.05, 3.63) is 29.8 Å². The molecule has 3 nitrogen and oxygen atoms in total. The van der Waals surface area contributed by atoms with Gasteiger partial charge < -0.3 is 4.74 Å². The normalized spacial score (nSPS) is 26.3. The van der Waals surface area contributed by atoms with Crippen LogP contribution in [-0.4, -0.2) is 13.2 Å². The molecule has 0 saturated carbocycles. The van der Waals surface area contributed by atoms with Crippen LogP contribution in [0.4, 0.5) is 0 Å². The van der Waals surface area contributed by atoms with Gasteiger partial charge >= 0.3 is 0 Å². The Balaban J connectivity index is 2.41. The maximum Gasteiger partial charge on any atom is 0.141 e. The Morgan fingerprint density at radius 3 is 2.89 bits per heavy atom. The van der Waals surface area contributed by atoms with E-state index in [0.717, 1.165) is 17.9 Å². The van der Waals surface area contributed by atoms with Crippen molar-refractivity contribution < 1.29 is 4.74 Å². The number of nitrogens with zero attached hydrogens (tertiary/aromatic N) is 1. The van der Waals surface area contributed by atoms with E-state index in [1.165, 1.54) is 0 Å². The summed E-state index contributed by atoms with van der Waals surface area (Å²) in [5, 5.41) is 13.2. The molecular formula is C15H20N2O. The molecule has 2 unspecified atom stereocenters. The van der Waals surface area contributed by atoms with E-state index in [1.807, 2.05) is 24.3 Å². The molecule has 0 saturated heterocycles. The molecular weight excluding hydrogens is 224 g/mol. The Labute approximate surface area is 109 Å². The van der Waals surface area contributed by atoms with Crippen molar-refractivity contribution >= 4 is 0 Å². The summed E-state index contributed by atoms with van der Waals surface area (Å²) in [5.74, 6) is 1.47. The summed E-state index contributed by atoms with van der Waals surface area (Å²) in [6, 6.07) is 10.3. The lowest BCUT2D eigenvalue weighted by Crippen LogP contribution is -2.51. The second-order valence-corrected chi connectivity index (χ2v) is 5.40. The molecule has 0 bridgehead atoms. The number of rotatable bonds is 3. The first-order valence-corrected chi connectivity index (χ1v) is 6.48. The van der Waals surface area contributed by atoms with Gasteiger partial charge in [-0.15, -0.1) is 0 Å². The highest BCUT2D eigenvalue weighted by molar-refractivity contribution is 5.45. The van der Waals surface area contributed by atoms with Gasteiger partial charge in [-0.25, -0.2) is 0 Å². The average molecular weight is 244 g/mol. The highest BCUT2D eigenvalue weighted by Gasteiger charge is 2.43. The van der Waals surface area contributed by atoms with Crippen molar-refractivity contribution in [2.75, 3.05) is 13.2 Å². The fraction of sp³-hybridized carbons (Fsp3) is 0.533. The van der Waals surface area contributed by atoms with E-state index in [-0.39, 0.29) is 5.92 Å². The smallest absolute Gasteiger partial charge is 0.141 e. The maximum absolute atomic E-state index is 9.70. The maximum atomic E-state index is 9.70. The minimum Gasteiger partial charge on any atom is -0.493 e. The third-order valence-corrected chi connectivity index (χ3v) is 3.51. The van der Waals surface area contributed by atoms with E-state index in [4.69, 9.17) is 4.74 Å². The molecule has 2 atom stereocenters. The van der Waals surface area contributed by atoms with E-state index >= 15 is 0 Å². The van der Waals surface area contributed by atoms with Gasteiger partial charge in [0.15, 0.2) is 0 Å². The number of fused-ring (bicyclic) bond motifs is 1. The topological polar surface area (TPSA) is 45.0 Å². The number of hydrogen-bond acceptors (Lipinski definition) is 3. The summed E-state index contributed by atoms with van der Waals surface area (Å²) in [4.78, 5) is 0. The van der Waals surface area contributed by atoms with Crippen LogP contribution in [0.1, 0.15) is 26.3 Å². The molecule has 0 aromatic heterocycles. The van der Waals surface area contributed by atoms with Crippen molar-refractivity contribution in [1.29, 1.82) is 5.26 Å². The van der Waals surface area contributed by atoms with Crippen molar-refractivity contribution in [3.63, 3.8) is 0 Å². The molecule has 1 aromatic carbocycles. The van der Waals surface area contributed by atoms with Crippen LogP contribution in [0.25, 0.3) is 0 Å². The Morgan fingerprint density at radius 1 is 1.50 bits per heavy atom. The van der Waals surface area contributed by atoms with Gasteiger partial charge in [-0.05, 0) is 18.5 Å². The van der Waals surface area contributed by atoms with E-state index in [1.54, 1.807) is 0 Å². The van der Waals surface area contributed by atoms with Crippen LogP contribution in [0, 0.1) is 23.2 Å². The summed E-state index contributed by atoms with van der Waals surface area (Å²) in [6.45, 7) is 7.76. The molecule has 0 aliphatic carbocycles. The monoisotopic (exact) mass is 244 g/mol. The Morgan fingerprint density at radius 2 is 2.22 bits per heavy atom. The van der Waals surface area contributed by atoms with Gasteiger partial charge in [0.1, 0.15) is 11.3 Å². The molecule has 1 aromatic rings. The Bertz CT molecular complexity index is 464. The van der Waals surface area contributed by atoms with E-state index in [2.05, 4.69) is 32.2 Å². The molecule has 2 rings (SSSR count). The molecule has 0 fully saturated rings. The molecule has 1 N–H and O–H groups in total. The van der Waals surface area contributed by atoms with Gasteiger partial charge in [0.25, 0.3) is 0 Å². The van der Waals surface area contributed by atoms with Crippen LogP contribution >= 0.6 is 0 Å². The fourth-order valence-electron chi connectivity index (χ4n) is 2.37. The van der Waals surface area contributed by atoms with Crippen molar-refractivity contribution in [1.82, 2.24) is 5.32 Å².